The van der Waals surface area contributed by atoms with Crippen LogP contribution in [0.3, 0.4) is 0 Å². The molecule has 3 aromatic heterocycles. The van der Waals surface area contributed by atoms with Gasteiger partial charge in [-0.25, -0.2) is 9.59 Å². The van der Waals surface area contributed by atoms with Crippen LogP contribution < -0.4 is 24.8 Å². The van der Waals surface area contributed by atoms with Gasteiger partial charge in [-0.15, -0.1) is 14.7 Å². The number of nitrogens with zero attached hydrogens (tertiary/aromatic N) is 6. The van der Waals surface area contributed by atoms with E-state index < -0.39 is 48.7 Å². The molecule has 3 aliphatic rings. The molecule has 2 N–H and O–H groups in total. The number of carbonyl (C=O) groups is 8. The molecule has 0 atom stereocenters. The molecule has 2 saturated heterocycles. The molecule has 10 rings (SSSR count). The van der Waals surface area contributed by atoms with Crippen molar-refractivity contribution in [3.8, 4) is 5.75 Å². The first-order chi connectivity index (χ1) is 33.1. The number of anilines is 3. The predicted molar refractivity (Wildman–Crippen MR) is 248 cm³/mol. The number of hydroxylamine groups is 4. The second-order valence-corrected chi connectivity index (χ2v) is 16.7. The molecule has 0 saturated carbocycles. The number of hydrogen-bond acceptors (Lipinski definition) is 13. The number of amides is 6. The lowest BCUT2D eigenvalue weighted by molar-refractivity contribution is -0.667. The highest BCUT2D eigenvalue weighted by Gasteiger charge is 2.37. The van der Waals surface area contributed by atoms with Gasteiger partial charge in [0.1, 0.15) is 6.54 Å². The van der Waals surface area contributed by atoms with Crippen LogP contribution in [0.4, 0.5) is 17.1 Å². The number of rotatable bonds is 11. The Morgan fingerprint density at radius 1 is 0.652 bits per heavy atom. The summed E-state index contributed by atoms with van der Waals surface area (Å²) in [6.45, 7) is 1.95. The number of benzene rings is 4. The fourth-order valence-corrected chi connectivity index (χ4v) is 8.92. The third-order valence-corrected chi connectivity index (χ3v) is 12.0. The average molecular weight is 934 g/mol. The van der Waals surface area contributed by atoms with Gasteiger partial charge in [-0.1, -0.05) is 18.2 Å². The van der Waals surface area contributed by atoms with Crippen LogP contribution in [0.15, 0.2) is 95.3 Å². The largest absolute Gasteiger partial charge is 0.439 e. The summed E-state index contributed by atoms with van der Waals surface area (Å²) in [6.07, 6.45) is 7.84. The van der Waals surface area contributed by atoms with E-state index in [4.69, 9.17) is 18.8 Å². The van der Waals surface area contributed by atoms with Crippen LogP contribution in [-0.2, 0) is 68.7 Å². The van der Waals surface area contributed by atoms with Gasteiger partial charge in [-0.05, 0) is 48.5 Å². The van der Waals surface area contributed by atoms with E-state index in [1.165, 1.54) is 13.8 Å². The minimum Gasteiger partial charge on any atom is -0.439 e. The van der Waals surface area contributed by atoms with Crippen molar-refractivity contribution in [3.05, 3.63) is 96.7 Å². The lowest BCUT2D eigenvalue weighted by atomic mass is 10.1. The summed E-state index contributed by atoms with van der Waals surface area (Å²) in [5.41, 5.74) is 5.95. The average Bonchev–Trinajstić information content (AvgIpc) is 4.12. The van der Waals surface area contributed by atoms with Gasteiger partial charge in [0.05, 0.1) is 22.8 Å². The number of imide groups is 2. The van der Waals surface area contributed by atoms with E-state index in [1.54, 1.807) is 52.0 Å². The predicted octanol–water partition coefficient (Wildman–Crippen LogP) is 5.45. The molecule has 6 amide bonds. The molecule has 20 nitrogen and oxygen atoms in total. The first-order valence-corrected chi connectivity index (χ1v) is 21.8. The van der Waals surface area contributed by atoms with Crippen molar-refractivity contribution in [1.29, 1.82) is 0 Å². The van der Waals surface area contributed by atoms with Crippen LogP contribution in [-0.4, -0.2) is 73.2 Å². The van der Waals surface area contributed by atoms with Gasteiger partial charge < -0.3 is 38.6 Å². The summed E-state index contributed by atoms with van der Waals surface area (Å²) in [7, 11) is 3.79. The lowest BCUT2D eigenvalue weighted by Crippen LogP contribution is -2.43. The van der Waals surface area contributed by atoms with E-state index >= 15 is 0 Å². The van der Waals surface area contributed by atoms with Crippen molar-refractivity contribution < 1.29 is 61.8 Å². The molecule has 20 heteroatoms. The number of oxazole rings is 1. The Morgan fingerprint density at radius 2 is 1.19 bits per heavy atom. The molecule has 69 heavy (non-hydrogen) atoms. The Balaban J connectivity index is 0.995. The summed E-state index contributed by atoms with van der Waals surface area (Å²) in [5.74, 6) is -3.91. The van der Waals surface area contributed by atoms with E-state index in [9.17, 15) is 38.4 Å². The second-order valence-electron chi connectivity index (χ2n) is 16.7. The number of carbonyl (C=O) groups excluding carboxylic acids is 8. The number of nitrogens with one attached hydrogen (secondary N) is 2. The highest BCUT2D eigenvalue weighted by atomic mass is 16.7. The Bertz CT molecular complexity index is 3540. The quantitative estimate of drug-likeness (QED) is 0.0936. The van der Waals surface area contributed by atoms with E-state index in [1.807, 2.05) is 71.8 Å². The fraction of sp³-hybridized carbons (Fsp3) is 0.204. The van der Waals surface area contributed by atoms with E-state index in [0.717, 1.165) is 43.6 Å². The first kappa shape index (κ1) is 43.8. The first-order valence-electron chi connectivity index (χ1n) is 21.8. The Kier molecular flexibility index (Phi) is 10.8. The molecule has 0 spiro atoms. The van der Waals surface area contributed by atoms with Gasteiger partial charge in [0.2, 0.25) is 23.3 Å². The van der Waals surface area contributed by atoms with Gasteiger partial charge in [-0.3, -0.25) is 33.7 Å². The SMILES string of the molecule is CC(=O)Nc1ccc2c(c1)c1cc3c(cc1n2C)O\C(=C/C=C/C=C/c1oc2cc4c(cc2[n+]1CC(=O)ON1C(=O)CCC1=O)c1cc(NC(C)=O)ccc1n4C)N3CC(=O)ON1C(=O)CCC1=O. The molecular formula is C49H41N8O12+. The molecule has 0 bridgehead atoms. The third-order valence-electron chi connectivity index (χ3n) is 12.0. The fourth-order valence-electron chi connectivity index (χ4n) is 8.92. The highest BCUT2D eigenvalue weighted by molar-refractivity contribution is 6.14. The van der Waals surface area contributed by atoms with Crippen LogP contribution in [0.1, 0.15) is 45.4 Å². The van der Waals surface area contributed by atoms with Crippen molar-refractivity contribution in [2.75, 3.05) is 22.1 Å². The monoisotopic (exact) mass is 933 g/mol. The third kappa shape index (κ3) is 7.96. The summed E-state index contributed by atoms with van der Waals surface area (Å²) in [6, 6.07) is 18.5. The number of aromatic nitrogens is 3. The number of allylic oxidation sites excluding steroid dienone is 4. The molecule has 7 aromatic rings. The van der Waals surface area contributed by atoms with Gasteiger partial charge in [0.15, 0.2) is 5.75 Å². The maximum Gasteiger partial charge on any atom is 0.398 e. The van der Waals surface area contributed by atoms with Crippen LogP contribution in [0.2, 0.25) is 0 Å². The van der Waals surface area contributed by atoms with E-state index in [-0.39, 0.29) is 49.3 Å². The molecule has 0 aliphatic carbocycles. The standard InChI is InChI=1S/C49H40N8O12/c1-26(58)50-28-10-12-34-30(18-28)32-20-38-40(22-36(32)52(34)3)66-46(54(38)24-48(64)68-56-42(60)14-15-43(56)61)8-6-5-7-9-47-55(25-49(65)69-57-44(62)16-17-45(57)63)39-21-33-31-19-29(51-27(2)59)11-13-35(31)53(4)37(33)23-41(39)67-47/h5-13,18-23H,14-17,24-25H2,1-4H3,(H-,50,51,58,59)/p+1. The number of hydrogen-bond donors (Lipinski definition) is 2. The van der Waals surface area contributed by atoms with Gasteiger partial charge in [0, 0.05) is 116 Å². The number of fused-ring (bicyclic) bond motifs is 8. The molecule has 4 aromatic carbocycles. The van der Waals surface area contributed by atoms with Crippen molar-refractivity contribution in [1.82, 2.24) is 19.3 Å². The van der Waals surface area contributed by atoms with Crippen LogP contribution in [0.25, 0.3) is 60.8 Å². The van der Waals surface area contributed by atoms with Gasteiger partial charge in [0.25, 0.3) is 35.7 Å². The molecule has 348 valence electrons. The summed E-state index contributed by atoms with van der Waals surface area (Å²) < 4.78 is 18.2. The van der Waals surface area contributed by atoms with Crippen LogP contribution in [0, 0.1) is 0 Å². The van der Waals surface area contributed by atoms with Crippen molar-refractivity contribution in [2.45, 2.75) is 46.1 Å². The zero-order valence-corrected chi connectivity index (χ0v) is 37.5. The van der Waals surface area contributed by atoms with Gasteiger partial charge in [-0.2, -0.15) is 0 Å². The van der Waals surface area contributed by atoms with Gasteiger partial charge >= 0.3 is 17.8 Å². The minimum absolute atomic E-state index is 0.0701. The Labute approximate surface area is 390 Å². The summed E-state index contributed by atoms with van der Waals surface area (Å²) in [4.78, 5) is 112. The summed E-state index contributed by atoms with van der Waals surface area (Å²) in [5, 5.41) is 9.83. The molecule has 0 unspecified atom stereocenters. The van der Waals surface area contributed by atoms with E-state index in [2.05, 4.69) is 10.6 Å². The molecule has 2 fully saturated rings. The van der Waals surface area contributed by atoms with Crippen LogP contribution in [0.5, 0.6) is 5.75 Å². The zero-order valence-electron chi connectivity index (χ0n) is 37.5. The molecule has 6 heterocycles. The second kappa shape index (κ2) is 17.0. The van der Waals surface area contributed by atoms with Crippen LogP contribution >= 0.6 is 0 Å². The molecule has 3 aliphatic heterocycles. The minimum atomic E-state index is -0.893. The van der Waals surface area contributed by atoms with Crippen molar-refractivity contribution in [3.63, 3.8) is 0 Å². The Morgan fingerprint density at radius 3 is 1.77 bits per heavy atom. The summed E-state index contributed by atoms with van der Waals surface area (Å²) >= 11 is 0. The maximum absolute atomic E-state index is 13.4. The normalized spacial score (nSPS) is 15.7. The smallest absolute Gasteiger partial charge is 0.398 e. The van der Waals surface area contributed by atoms with E-state index in [0.29, 0.717) is 44.0 Å². The zero-order chi connectivity index (χ0) is 48.4. The van der Waals surface area contributed by atoms with Crippen molar-refractivity contribution >= 4 is 125 Å². The maximum atomic E-state index is 13.4. The number of ether oxygens (including phenoxy) is 1. The highest BCUT2D eigenvalue weighted by Crippen LogP contribution is 2.44. The molecule has 0 radical (unpaired) electrons. The number of aryl methyl sites for hydroxylation is 2. The Hall–Kier alpha value is -9.07. The lowest BCUT2D eigenvalue weighted by Gasteiger charge is -2.19. The molecular weight excluding hydrogens is 893 g/mol. The van der Waals surface area contributed by atoms with Crippen molar-refractivity contribution in [2.24, 2.45) is 14.1 Å². The topological polar surface area (TPSA) is 225 Å².